The highest BCUT2D eigenvalue weighted by molar-refractivity contribution is 7.88. The summed E-state index contributed by atoms with van der Waals surface area (Å²) in [5.74, 6) is -3.36. The maximum absolute atomic E-state index is 12.7. The standard InChI is InChI=1S/C18H24N6O11S/c1-18(2,3)35-17(32)20-12(8-4-5-10(25)11(26)6-8)13(27)21-23-36(33,34)22-15(29)24-7-9(14(24)28)19-16(30)31/h4-6,9,12,19,23,25-26H,7H2,1-3H3,(H,20,32)(H,21,27)(H,22,29)(H,30,31). The molecule has 1 fully saturated rings. The number of likely N-dealkylation sites (tertiary alicyclic amines) is 1. The summed E-state index contributed by atoms with van der Waals surface area (Å²) in [5, 5.41) is 31.8. The summed E-state index contributed by atoms with van der Waals surface area (Å²) in [5.41, 5.74) is 0.710. The van der Waals surface area contributed by atoms with Gasteiger partial charge >= 0.3 is 28.4 Å². The third-order valence-corrected chi connectivity index (χ3v) is 5.07. The molecule has 1 saturated heterocycles. The summed E-state index contributed by atoms with van der Waals surface area (Å²) >= 11 is 0. The van der Waals surface area contributed by atoms with Crippen LogP contribution in [0.3, 0.4) is 0 Å². The molecule has 1 aliphatic heterocycles. The van der Waals surface area contributed by atoms with E-state index < -0.39 is 76.0 Å². The van der Waals surface area contributed by atoms with Crippen molar-refractivity contribution in [3.63, 3.8) is 0 Å². The van der Waals surface area contributed by atoms with Crippen LogP contribution in [0.25, 0.3) is 0 Å². The first-order chi connectivity index (χ1) is 16.5. The van der Waals surface area contributed by atoms with Crippen LogP contribution in [-0.4, -0.2) is 76.9 Å². The lowest BCUT2D eigenvalue weighted by Gasteiger charge is -2.35. The molecule has 1 aliphatic rings. The largest absolute Gasteiger partial charge is 0.504 e. The molecule has 1 aromatic rings. The van der Waals surface area contributed by atoms with Gasteiger partial charge in [-0.2, -0.15) is 8.42 Å². The first-order valence-electron chi connectivity index (χ1n) is 9.94. The van der Waals surface area contributed by atoms with Crippen molar-refractivity contribution in [3.8, 4) is 11.5 Å². The zero-order chi connectivity index (χ0) is 27.4. The van der Waals surface area contributed by atoms with Gasteiger partial charge in [-0.1, -0.05) is 6.07 Å². The Kier molecular flexibility index (Phi) is 8.16. The fourth-order valence-electron chi connectivity index (χ4n) is 2.70. The normalized spacial score (nSPS) is 16.2. The topological polar surface area (TPSA) is 253 Å². The zero-order valence-electron chi connectivity index (χ0n) is 19.1. The Hall–Kier alpha value is -4.32. The number of hydrogen-bond donors (Lipinski definition) is 8. The second-order valence-corrected chi connectivity index (χ2v) is 9.70. The molecule has 0 aromatic heterocycles. The Morgan fingerprint density at radius 2 is 1.78 bits per heavy atom. The van der Waals surface area contributed by atoms with Crippen molar-refractivity contribution in [3.05, 3.63) is 23.8 Å². The van der Waals surface area contributed by atoms with Crippen molar-refractivity contribution in [2.75, 3.05) is 6.54 Å². The summed E-state index contributed by atoms with van der Waals surface area (Å²) in [4.78, 5) is 61.1. The van der Waals surface area contributed by atoms with Gasteiger partial charge in [-0.25, -0.2) is 19.1 Å². The number of urea groups is 1. The smallest absolute Gasteiger partial charge is 0.408 e. The average Bonchev–Trinajstić information content (AvgIpc) is 2.73. The molecule has 2 unspecified atom stereocenters. The van der Waals surface area contributed by atoms with Crippen molar-refractivity contribution in [1.29, 1.82) is 0 Å². The molecule has 0 bridgehead atoms. The SMILES string of the molecule is CC(C)(C)OC(=O)NC(C(=O)NNS(=O)(=O)NC(=O)N1CC(NC(=O)O)C1=O)c1ccc(O)c(O)c1. The number of carbonyl (C=O) groups excluding carboxylic acids is 4. The molecule has 2 rings (SSSR count). The quantitative estimate of drug-likeness (QED) is 0.116. The van der Waals surface area contributed by atoms with Crippen LogP contribution in [0.5, 0.6) is 11.5 Å². The molecule has 17 nitrogen and oxygen atoms in total. The molecule has 18 heteroatoms. The lowest BCUT2D eigenvalue weighted by Crippen LogP contribution is -2.68. The molecule has 0 aliphatic carbocycles. The number of rotatable bonds is 7. The first kappa shape index (κ1) is 27.9. The van der Waals surface area contributed by atoms with Gasteiger partial charge in [0.25, 0.3) is 11.8 Å². The lowest BCUT2D eigenvalue weighted by molar-refractivity contribution is -0.139. The van der Waals surface area contributed by atoms with Crippen molar-refractivity contribution < 1.29 is 52.4 Å². The van der Waals surface area contributed by atoms with Gasteiger partial charge in [-0.05, 0) is 38.5 Å². The third-order valence-electron chi connectivity index (χ3n) is 4.26. The van der Waals surface area contributed by atoms with E-state index in [1.807, 2.05) is 5.32 Å². The number of phenolic OH excluding ortho intramolecular Hbond substituents is 2. The molecule has 1 heterocycles. The lowest BCUT2D eigenvalue weighted by atomic mass is 10.1. The van der Waals surface area contributed by atoms with Gasteiger partial charge < -0.3 is 30.7 Å². The average molecular weight is 532 g/mol. The van der Waals surface area contributed by atoms with Crippen molar-refractivity contribution in [1.82, 2.24) is 30.5 Å². The van der Waals surface area contributed by atoms with Crippen LogP contribution in [0.15, 0.2) is 18.2 Å². The molecule has 0 radical (unpaired) electrons. The number of alkyl carbamates (subject to hydrolysis) is 1. The second kappa shape index (κ2) is 10.5. The summed E-state index contributed by atoms with van der Waals surface area (Å²) in [6.07, 6.45) is -2.59. The van der Waals surface area contributed by atoms with Crippen molar-refractivity contribution >= 4 is 40.2 Å². The van der Waals surface area contributed by atoms with E-state index in [2.05, 4.69) is 5.32 Å². The van der Waals surface area contributed by atoms with E-state index in [4.69, 9.17) is 9.84 Å². The molecule has 0 saturated carbocycles. The third kappa shape index (κ3) is 7.60. The van der Waals surface area contributed by atoms with E-state index in [0.717, 1.165) is 18.2 Å². The molecule has 198 valence electrons. The fourth-order valence-corrected chi connectivity index (χ4v) is 3.32. The molecule has 0 spiro atoms. The molecule has 8 N–H and O–H groups in total. The molecule has 1 aromatic carbocycles. The van der Waals surface area contributed by atoms with Gasteiger partial charge in [-0.3, -0.25) is 19.9 Å². The Bertz CT molecular complexity index is 1180. The maximum Gasteiger partial charge on any atom is 0.408 e. The molecule has 6 amide bonds. The molecule has 36 heavy (non-hydrogen) atoms. The van der Waals surface area contributed by atoms with E-state index in [9.17, 15) is 42.6 Å². The number of hydrogen-bond acceptors (Lipinski definition) is 10. The number of carbonyl (C=O) groups is 5. The second-order valence-electron chi connectivity index (χ2n) is 8.28. The predicted octanol–water partition coefficient (Wildman–Crippen LogP) is -1.28. The molecular formula is C18H24N6O11S. The highest BCUT2D eigenvalue weighted by Gasteiger charge is 2.43. The van der Waals surface area contributed by atoms with Crippen LogP contribution in [0.4, 0.5) is 14.4 Å². The number of benzene rings is 1. The van der Waals surface area contributed by atoms with Crippen LogP contribution in [-0.2, 0) is 24.5 Å². The number of aromatic hydroxyl groups is 2. The highest BCUT2D eigenvalue weighted by atomic mass is 32.2. The Morgan fingerprint density at radius 3 is 2.31 bits per heavy atom. The number of nitrogens with zero attached hydrogens (tertiary/aromatic N) is 1. The van der Waals surface area contributed by atoms with Gasteiger partial charge in [0, 0.05) is 0 Å². The summed E-state index contributed by atoms with van der Waals surface area (Å²) in [6, 6.07) is -1.18. The maximum atomic E-state index is 12.7. The minimum atomic E-state index is -4.79. The summed E-state index contributed by atoms with van der Waals surface area (Å²) in [7, 11) is -4.79. The Labute approximate surface area is 203 Å². The van der Waals surface area contributed by atoms with Gasteiger partial charge in [0.2, 0.25) is 0 Å². The van der Waals surface area contributed by atoms with Crippen molar-refractivity contribution in [2.45, 2.75) is 38.5 Å². The molecular weight excluding hydrogens is 508 g/mol. The monoisotopic (exact) mass is 532 g/mol. The number of nitrogens with one attached hydrogen (secondary N) is 5. The predicted molar refractivity (Wildman–Crippen MR) is 117 cm³/mol. The molecule has 2 atom stereocenters. The number of hydrazine groups is 1. The van der Waals surface area contributed by atoms with E-state index in [1.54, 1.807) is 26.2 Å². The minimum Gasteiger partial charge on any atom is -0.504 e. The van der Waals surface area contributed by atoms with E-state index in [1.165, 1.54) is 9.55 Å². The van der Waals surface area contributed by atoms with Crippen LogP contribution in [0.2, 0.25) is 0 Å². The number of imide groups is 1. The van der Waals surface area contributed by atoms with Gasteiger partial charge in [0.15, 0.2) is 11.5 Å². The van der Waals surface area contributed by atoms with Gasteiger partial charge in [-0.15, -0.1) is 4.83 Å². The minimum absolute atomic E-state index is 0.0833. The van der Waals surface area contributed by atoms with Crippen LogP contribution < -0.4 is 25.6 Å². The first-order valence-corrected chi connectivity index (χ1v) is 11.4. The number of phenols is 2. The van der Waals surface area contributed by atoms with Gasteiger partial charge in [0.1, 0.15) is 17.7 Å². The number of ether oxygens (including phenoxy) is 1. The number of amides is 6. The summed E-state index contributed by atoms with van der Waals surface area (Å²) in [6.45, 7) is 4.22. The Balaban J connectivity index is 2.07. The van der Waals surface area contributed by atoms with Crippen LogP contribution >= 0.6 is 0 Å². The fraction of sp³-hybridized carbons (Fsp3) is 0.389. The van der Waals surface area contributed by atoms with E-state index >= 15 is 0 Å². The van der Waals surface area contributed by atoms with Crippen molar-refractivity contribution in [2.24, 2.45) is 0 Å². The summed E-state index contributed by atoms with van der Waals surface area (Å²) < 4.78 is 30.8. The zero-order valence-corrected chi connectivity index (χ0v) is 19.9. The van der Waals surface area contributed by atoms with E-state index in [-0.39, 0.29) is 5.56 Å². The van der Waals surface area contributed by atoms with Crippen LogP contribution in [0, 0.1) is 0 Å². The van der Waals surface area contributed by atoms with Crippen LogP contribution in [0.1, 0.15) is 32.4 Å². The number of carboxylic acid groups (broad SMARTS) is 1. The highest BCUT2D eigenvalue weighted by Crippen LogP contribution is 2.28. The number of β-lactam (4-membered cyclic amide) rings is 1. The van der Waals surface area contributed by atoms with Gasteiger partial charge in [0.05, 0.1) is 6.54 Å². The van der Waals surface area contributed by atoms with E-state index in [0.29, 0.717) is 4.90 Å². The Morgan fingerprint density at radius 1 is 1.14 bits per heavy atom.